The van der Waals surface area contributed by atoms with Gasteiger partial charge in [-0.15, -0.1) is 0 Å². The quantitative estimate of drug-likeness (QED) is 0.663. The summed E-state index contributed by atoms with van der Waals surface area (Å²) in [4.78, 5) is 11.5. The van der Waals surface area contributed by atoms with Crippen molar-refractivity contribution in [1.29, 1.82) is 0 Å². The van der Waals surface area contributed by atoms with Crippen molar-refractivity contribution >= 4 is 17.4 Å². The first-order chi connectivity index (χ1) is 9.59. The van der Waals surface area contributed by atoms with Gasteiger partial charge in [0, 0.05) is 5.56 Å². The Hall–Kier alpha value is -2.82. The van der Waals surface area contributed by atoms with Crippen LogP contribution in [0.25, 0.3) is 0 Å². The Kier molecular flexibility index (Phi) is 4.00. The number of hydrogen-bond acceptors (Lipinski definition) is 3. The number of carbonyl (C=O) groups is 1. The third-order valence-corrected chi connectivity index (χ3v) is 2.75. The molecule has 0 unspecified atom stereocenters. The van der Waals surface area contributed by atoms with E-state index in [1.807, 2.05) is 6.07 Å². The van der Waals surface area contributed by atoms with Crippen molar-refractivity contribution in [2.45, 2.75) is 6.92 Å². The van der Waals surface area contributed by atoms with Gasteiger partial charge in [0.15, 0.2) is 0 Å². The van der Waals surface area contributed by atoms with Crippen molar-refractivity contribution in [3.8, 4) is 5.75 Å². The van der Waals surface area contributed by atoms with E-state index >= 15 is 0 Å². The zero-order chi connectivity index (χ0) is 14.5. The molecule has 0 aliphatic rings. The van der Waals surface area contributed by atoms with Gasteiger partial charge >= 0.3 is 6.03 Å². The van der Waals surface area contributed by atoms with Crippen LogP contribution in [-0.2, 0) is 0 Å². The molecule has 2 aromatic rings. The highest BCUT2D eigenvalue weighted by atomic mass is 16.3. The lowest BCUT2D eigenvalue weighted by Gasteiger charge is -2.16. The molecule has 0 fully saturated rings. The fourth-order valence-electron chi connectivity index (χ4n) is 1.79. The zero-order valence-electron chi connectivity index (χ0n) is 11.0. The highest BCUT2D eigenvalue weighted by Gasteiger charge is 2.12. The van der Waals surface area contributed by atoms with Crippen LogP contribution >= 0.6 is 0 Å². The molecule has 5 nitrogen and oxygen atoms in total. The van der Waals surface area contributed by atoms with Gasteiger partial charge in [0.2, 0.25) is 0 Å². The fraction of sp³-hybridized carbons (Fsp3) is 0.0667. The van der Waals surface area contributed by atoms with Crippen molar-refractivity contribution in [3.05, 3.63) is 60.2 Å². The van der Waals surface area contributed by atoms with Gasteiger partial charge in [0.25, 0.3) is 0 Å². The van der Waals surface area contributed by atoms with E-state index < -0.39 is 6.03 Å². The van der Waals surface area contributed by atoms with Gasteiger partial charge in [-0.25, -0.2) is 4.79 Å². The average molecular weight is 269 g/mol. The third kappa shape index (κ3) is 2.95. The number of urea groups is 1. The lowest BCUT2D eigenvalue weighted by atomic mass is 10.1. The lowest BCUT2D eigenvalue weighted by molar-refractivity contribution is 0.254. The van der Waals surface area contributed by atoms with Gasteiger partial charge in [0.05, 0.1) is 11.4 Å². The Bertz CT molecular complexity index is 639. The smallest absolute Gasteiger partial charge is 0.340 e. The molecule has 5 heteroatoms. The predicted molar refractivity (Wildman–Crippen MR) is 78.8 cm³/mol. The number of rotatable bonds is 3. The number of phenolic OH excluding ortho intramolecular Hbond substituents is 1. The number of amides is 2. The van der Waals surface area contributed by atoms with Crippen LogP contribution in [0, 0.1) is 0 Å². The van der Waals surface area contributed by atoms with Gasteiger partial charge in [-0.05, 0) is 31.2 Å². The van der Waals surface area contributed by atoms with Crippen LogP contribution in [0.4, 0.5) is 10.5 Å². The van der Waals surface area contributed by atoms with Gasteiger partial charge in [-0.1, -0.05) is 30.3 Å². The molecule has 0 aliphatic carbocycles. The molecule has 0 bridgehead atoms. The molecule has 0 aliphatic heterocycles. The van der Waals surface area contributed by atoms with E-state index in [9.17, 15) is 9.90 Å². The van der Waals surface area contributed by atoms with Crippen LogP contribution in [0.5, 0.6) is 5.75 Å². The summed E-state index contributed by atoms with van der Waals surface area (Å²) in [5.74, 6) is 0.103. The van der Waals surface area contributed by atoms with E-state index in [2.05, 4.69) is 5.10 Å². The summed E-state index contributed by atoms with van der Waals surface area (Å²) < 4.78 is 0. The number of hydrogen-bond donors (Lipinski definition) is 2. The first-order valence-corrected chi connectivity index (χ1v) is 6.08. The Labute approximate surface area is 117 Å². The molecule has 0 heterocycles. The number of nitrogens with zero attached hydrogens (tertiary/aromatic N) is 2. The van der Waals surface area contributed by atoms with Crippen molar-refractivity contribution in [2.75, 3.05) is 5.01 Å². The number of para-hydroxylation sites is 2. The topological polar surface area (TPSA) is 78.9 Å². The Balaban J connectivity index is 2.40. The van der Waals surface area contributed by atoms with Gasteiger partial charge in [-0.3, -0.25) is 0 Å². The molecule has 0 spiro atoms. The number of benzene rings is 2. The van der Waals surface area contributed by atoms with Crippen LogP contribution < -0.4 is 10.7 Å². The lowest BCUT2D eigenvalue weighted by Crippen LogP contribution is -2.32. The molecule has 2 aromatic carbocycles. The minimum Gasteiger partial charge on any atom is -0.507 e. The minimum atomic E-state index is -0.689. The van der Waals surface area contributed by atoms with Crippen LogP contribution in [0.3, 0.4) is 0 Å². The van der Waals surface area contributed by atoms with E-state index in [0.29, 0.717) is 17.0 Å². The van der Waals surface area contributed by atoms with E-state index in [1.54, 1.807) is 55.5 Å². The summed E-state index contributed by atoms with van der Waals surface area (Å²) in [6, 6.07) is 15.0. The van der Waals surface area contributed by atoms with Crippen molar-refractivity contribution in [2.24, 2.45) is 10.8 Å². The molecule has 2 amide bonds. The molecule has 2 rings (SSSR count). The number of nitrogens with two attached hydrogens (primary N) is 1. The molecule has 3 N–H and O–H groups in total. The summed E-state index contributed by atoms with van der Waals surface area (Å²) in [6.45, 7) is 1.70. The Morgan fingerprint density at radius 2 is 1.70 bits per heavy atom. The number of hydrazone groups is 1. The molecule has 102 valence electrons. The van der Waals surface area contributed by atoms with Crippen molar-refractivity contribution in [3.63, 3.8) is 0 Å². The molecule has 0 saturated heterocycles. The standard InChI is InChI=1S/C15H15N3O2/c1-11(13-9-5-6-10-14(13)19)17-18(15(16)20)12-7-3-2-4-8-12/h2-10,19H,1H3,(H2,16,20)/b17-11+. The zero-order valence-corrected chi connectivity index (χ0v) is 11.0. The average Bonchev–Trinajstić information content (AvgIpc) is 2.45. The summed E-state index contributed by atoms with van der Waals surface area (Å²) in [5.41, 5.74) is 6.96. The maximum absolute atomic E-state index is 11.5. The van der Waals surface area contributed by atoms with E-state index in [0.717, 1.165) is 5.01 Å². The summed E-state index contributed by atoms with van der Waals surface area (Å²) in [7, 11) is 0. The largest absolute Gasteiger partial charge is 0.507 e. The first-order valence-electron chi connectivity index (χ1n) is 6.08. The van der Waals surface area contributed by atoms with E-state index in [1.165, 1.54) is 0 Å². The van der Waals surface area contributed by atoms with E-state index in [4.69, 9.17) is 5.73 Å². The molecular formula is C15H15N3O2. The molecule has 0 aromatic heterocycles. The van der Waals surface area contributed by atoms with Crippen LogP contribution in [0.15, 0.2) is 59.7 Å². The van der Waals surface area contributed by atoms with Crippen LogP contribution in [-0.4, -0.2) is 16.8 Å². The molecule has 0 radical (unpaired) electrons. The van der Waals surface area contributed by atoms with Gasteiger partial charge in [0.1, 0.15) is 5.75 Å². The molecule has 0 saturated carbocycles. The Morgan fingerprint density at radius 1 is 1.10 bits per heavy atom. The van der Waals surface area contributed by atoms with Crippen molar-refractivity contribution in [1.82, 2.24) is 0 Å². The van der Waals surface area contributed by atoms with E-state index in [-0.39, 0.29) is 5.75 Å². The number of carbonyl (C=O) groups excluding carboxylic acids is 1. The van der Waals surface area contributed by atoms with Crippen LogP contribution in [0.2, 0.25) is 0 Å². The number of primary amides is 1. The SMILES string of the molecule is C/C(=N\N(C(N)=O)c1ccccc1)c1ccccc1O. The normalized spacial score (nSPS) is 11.2. The fourth-order valence-corrected chi connectivity index (χ4v) is 1.79. The number of phenols is 1. The second-order valence-corrected chi connectivity index (χ2v) is 4.19. The second kappa shape index (κ2) is 5.88. The van der Waals surface area contributed by atoms with Gasteiger partial charge in [-0.2, -0.15) is 10.1 Å². The molecular weight excluding hydrogens is 254 g/mol. The summed E-state index contributed by atoms with van der Waals surface area (Å²) in [5, 5.41) is 15.1. The summed E-state index contributed by atoms with van der Waals surface area (Å²) in [6.07, 6.45) is 0. The minimum absolute atomic E-state index is 0.103. The molecule has 20 heavy (non-hydrogen) atoms. The first kappa shape index (κ1) is 13.6. The maximum atomic E-state index is 11.5. The maximum Gasteiger partial charge on any atom is 0.340 e. The number of aromatic hydroxyl groups is 1. The summed E-state index contributed by atoms with van der Waals surface area (Å²) >= 11 is 0. The van der Waals surface area contributed by atoms with Crippen molar-refractivity contribution < 1.29 is 9.90 Å². The number of anilines is 1. The monoisotopic (exact) mass is 269 g/mol. The Morgan fingerprint density at radius 3 is 2.30 bits per heavy atom. The highest BCUT2D eigenvalue weighted by Crippen LogP contribution is 2.19. The predicted octanol–water partition coefficient (Wildman–Crippen LogP) is 2.70. The van der Waals surface area contributed by atoms with Gasteiger partial charge < -0.3 is 10.8 Å². The highest BCUT2D eigenvalue weighted by molar-refractivity contribution is 6.03. The third-order valence-electron chi connectivity index (χ3n) is 2.75. The second-order valence-electron chi connectivity index (χ2n) is 4.19. The van der Waals surface area contributed by atoms with Crippen LogP contribution in [0.1, 0.15) is 12.5 Å². The molecule has 0 atom stereocenters.